The molecule has 3 aromatic carbocycles. The summed E-state index contributed by atoms with van der Waals surface area (Å²) in [4.78, 5) is 35.3. The van der Waals surface area contributed by atoms with Crippen molar-refractivity contribution in [1.82, 2.24) is 5.32 Å². The van der Waals surface area contributed by atoms with Crippen molar-refractivity contribution in [3.05, 3.63) is 111 Å². The molecular formula is C35H40ClN5O6. The van der Waals surface area contributed by atoms with Crippen LogP contribution in [0.4, 0.5) is 0 Å². The molecule has 12 heteroatoms. The molecule has 0 radical (unpaired) electrons. The summed E-state index contributed by atoms with van der Waals surface area (Å²) in [5.41, 5.74) is 9.63. The van der Waals surface area contributed by atoms with E-state index in [1.807, 2.05) is 30.3 Å². The third kappa shape index (κ3) is 9.71. The summed E-state index contributed by atoms with van der Waals surface area (Å²) in [5.74, 6) is -0.0710. The molecule has 0 unspecified atom stereocenters. The Labute approximate surface area is 279 Å². The number of carbonyl (C=O) groups excluding carboxylic acids is 2. The maximum atomic E-state index is 14.4. The number of benzene rings is 3. The van der Waals surface area contributed by atoms with E-state index in [9.17, 15) is 9.59 Å². The first-order chi connectivity index (χ1) is 22.5. The van der Waals surface area contributed by atoms with E-state index in [1.165, 1.54) is 0 Å². The monoisotopic (exact) mass is 661 g/mol. The lowest BCUT2D eigenvalue weighted by Crippen LogP contribution is -2.49. The number of rotatable bonds is 15. The van der Waals surface area contributed by atoms with Crippen LogP contribution >= 0.6 is 11.6 Å². The smallest absolute Gasteiger partial charge is 0.306 e. The minimum Gasteiger partial charge on any atom is -0.494 e. The van der Waals surface area contributed by atoms with Crippen LogP contribution < -0.4 is 10.1 Å². The SMILES string of the molecule is CC(C)(C)OC(=O)CC[C@@]1(C(=O)NCCc2ccc(Cl)cc2)N=C(c2ccc(OCCCO)cc2)O[C@@H]1c1ccccc1CN=[N+]=[N-]. The highest BCUT2D eigenvalue weighted by Crippen LogP contribution is 2.44. The Morgan fingerprint density at radius 1 is 1.11 bits per heavy atom. The fourth-order valence-corrected chi connectivity index (χ4v) is 5.32. The Balaban J connectivity index is 1.74. The number of carbonyl (C=O) groups is 2. The van der Waals surface area contributed by atoms with E-state index in [0.717, 1.165) is 5.56 Å². The zero-order valence-corrected chi connectivity index (χ0v) is 27.6. The van der Waals surface area contributed by atoms with Crippen molar-refractivity contribution in [2.24, 2.45) is 10.1 Å². The summed E-state index contributed by atoms with van der Waals surface area (Å²) in [6.45, 7) is 6.06. The van der Waals surface area contributed by atoms with Gasteiger partial charge in [0.2, 0.25) is 5.90 Å². The number of hydrogen-bond donors (Lipinski definition) is 2. The Morgan fingerprint density at radius 2 is 1.83 bits per heavy atom. The topological polar surface area (TPSA) is 155 Å². The van der Waals surface area contributed by atoms with Crippen molar-refractivity contribution in [1.29, 1.82) is 0 Å². The van der Waals surface area contributed by atoms with Gasteiger partial charge in [0.25, 0.3) is 5.91 Å². The third-order valence-electron chi connectivity index (χ3n) is 7.41. The quantitative estimate of drug-likeness (QED) is 0.0611. The number of aliphatic imine (C=N–C) groups is 1. The molecule has 4 rings (SSSR count). The number of hydrogen-bond acceptors (Lipinski definition) is 8. The number of aliphatic hydroxyl groups excluding tert-OH is 1. The summed E-state index contributed by atoms with van der Waals surface area (Å²) in [6, 6.07) is 21.7. The summed E-state index contributed by atoms with van der Waals surface area (Å²) in [6.07, 6.45) is -0.0309. The molecule has 1 amide bonds. The number of nitrogens with one attached hydrogen (secondary N) is 1. The largest absolute Gasteiger partial charge is 0.494 e. The number of aliphatic hydroxyl groups is 1. The van der Waals surface area contributed by atoms with Crippen LogP contribution in [0.25, 0.3) is 10.4 Å². The first kappa shape index (κ1) is 35.3. The molecular weight excluding hydrogens is 622 g/mol. The van der Waals surface area contributed by atoms with Crippen molar-refractivity contribution in [2.45, 2.75) is 70.2 Å². The van der Waals surface area contributed by atoms with E-state index >= 15 is 0 Å². The first-order valence-electron chi connectivity index (χ1n) is 15.5. The molecule has 11 nitrogen and oxygen atoms in total. The fraction of sp³-hybridized carbons (Fsp3) is 0.400. The van der Waals surface area contributed by atoms with Gasteiger partial charge in [0, 0.05) is 41.5 Å². The molecule has 0 aromatic heterocycles. The van der Waals surface area contributed by atoms with E-state index in [0.29, 0.717) is 53.5 Å². The summed E-state index contributed by atoms with van der Waals surface area (Å²) in [7, 11) is 0. The molecule has 1 aliphatic rings. The second-order valence-corrected chi connectivity index (χ2v) is 12.5. The van der Waals surface area contributed by atoms with Crippen LogP contribution in [0.1, 0.15) is 68.4 Å². The molecule has 0 saturated carbocycles. The minimum absolute atomic E-state index is 0.0128. The molecule has 2 atom stereocenters. The standard InChI is InChI=1S/C35H40ClN5O6/c1-34(2,3)47-30(43)17-19-35(33(44)38-20-18-24-9-13-27(36)14-10-24)31(29-8-5-4-7-26(29)23-39-41-37)46-32(40-35)25-11-15-28(16-12-25)45-22-6-21-42/h4-5,7-16,31,42H,6,17-23H2,1-3H3,(H,38,44)/t31-,35-/m1/s1. The van der Waals surface area contributed by atoms with Crippen LogP contribution in [0.15, 0.2) is 82.9 Å². The van der Waals surface area contributed by atoms with Gasteiger partial charge in [-0.2, -0.15) is 0 Å². The van der Waals surface area contributed by atoms with Gasteiger partial charge in [-0.15, -0.1) is 0 Å². The molecule has 0 spiro atoms. The van der Waals surface area contributed by atoms with Gasteiger partial charge in [0.15, 0.2) is 11.6 Å². The molecule has 2 N–H and O–H groups in total. The molecule has 0 saturated heterocycles. The Morgan fingerprint density at radius 3 is 2.51 bits per heavy atom. The van der Waals surface area contributed by atoms with Crippen LogP contribution in [0.5, 0.6) is 5.75 Å². The lowest BCUT2D eigenvalue weighted by molar-refractivity contribution is -0.155. The van der Waals surface area contributed by atoms with Gasteiger partial charge >= 0.3 is 5.97 Å². The second kappa shape index (κ2) is 16.3. The van der Waals surface area contributed by atoms with Crippen molar-refractivity contribution in [3.63, 3.8) is 0 Å². The number of halogens is 1. The number of esters is 1. The average Bonchev–Trinajstić information content (AvgIpc) is 3.44. The Kier molecular flexibility index (Phi) is 12.2. The van der Waals surface area contributed by atoms with Gasteiger partial charge in [-0.3, -0.25) is 9.59 Å². The molecule has 0 aliphatic carbocycles. The highest BCUT2D eigenvalue weighted by molar-refractivity contribution is 6.30. The van der Waals surface area contributed by atoms with E-state index in [2.05, 4.69) is 15.3 Å². The third-order valence-corrected chi connectivity index (χ3v) is 7.67. The Bertz CT molecular complexity index is 1600. The number of amides is 1. The summed E-state index contributed by atoms with van der Waals surface area (Å²) < 4.78 is 17.8. The normalized spacial score (nSPS) is 17.2. The van der Waals surface area contributed by atoms with Crippen LogP contribution in [-0.4, -0.2) is 53.8 Å². The lowest BCUT2D eigenvalue weighted by atomic mass is 9.81. The maximum Gasteiger partial charge on any atom is 0.306 e. The number of ether oxygens (including phenoxy) is 3. The van der Waals surface area contributed by atoms with Gasteiger partial charge < -0.3 is 24.6 Å². The zero-order chi connectivity index (χ0) is 33.9. The van der Waals surface area contributed by atoms with Crippen molar-refractivity contribution in [2.75, 3.05) is 19.8 Å². The molecule has 3 aromatic rings. The highest BCUT2D eigenvalue weighted by atomic mass is 35.5. The second-order valence-electron chi connectivity index (χ2n) is 12.1. The number of azide groups is 1. The minimum atomic E-state index is -1.57. The van der Waals surface area contributed by atoms with Crippen LogP contribution in [0.3, 0.4) is 0 Å². The molecule has 47 heavy (non-hydrogen) atoms. The fourth-order valence-electron chi connectivity index (χ4n) is 5.20. The average molecular weight is 662 g/mol. The molecule has 1 heterocycles. The Hall–Kier alpha value is -4.57. The van der Waals surface area contributed by atoms with Crippen molar-refractivity contribution >= 4 is 29.4 Å². The van der Waals surface area contributed by atoms with Gasteiger partial charge in [-0.05, 0) is 92.2 Å². The first-order valence-corrected chi connectivity index (χ1v) is 15.9. The number of nitrogens with zero attached hydrogens (tertiary/aromatic N) is 4. The van der Waals surface area contributed by atoms with E-state index < -0.39 is 29.1 Å². The van der Waals surface area contributed by atoms with Crippen LogP contribution in [0, 0.1) is 0 Å². The molecule has 1 aliphatic heterocycles. The van der Waals surface area contributed by atoms with Gasteiger partial charge in [0.1, 0.15) is 11.4 Å². The highest BCUT2D eigenvalue weighted by Gasteiger charge is 2.53. The van der Waals surface area contributed by atoms with E-state index in [-0.39, 0.29) is 31.9 Å². The molecule has 248 valence electrons. The van der Waals surface area contributed by atoms with Crippen molar-refractivity contribution in [3.8, 4) is 5.75 Å². The predicted molar refractivity (Wildman–Crippen MR) is 179 cm³/mol. The maximum absolute atomic E-state index is 14.4. The summed E-state index contributed by atoms with van der Waals surface area (Å²) in [5, 5.41) is 16.5. The molecule has 0 fully saturated rings. The zero-order valence-electron chi connectivity index (χ0n) is 26.8. The van der Waals surface area contributed by atoms with Gasteiger partial charge in [-0.25, -0.2) is 4.99 Å². The molecule has 0 bridgehead atoms. The van der Waals surface area contributed by atoms with Gasteiger partial charge in [-0.1, -0.05) is 53.1 Å². The van der Waals surface area contributed by atoms with Crippen LogP contribution in [-0.2, 0) is 32.0 Å². The lowest BCUT2D eigenvalue weighted by Gasteiger charge is -2.32. The van der Waals surface area contributed by atoms with Crippen molar-refractivity contribution < 1.29 is 28.9 Å². The van der Waals surface area contributed by atoms with Crippen LogP contribution in [0.2, 0.25) is 5.02 Å². The predicted octanol–water partition coefficient (Wildman–Crippen LogP) is 6.65. The van der Waals surface area contributed by atoms with E-state index in [4.69, 9.17) is 41.4 Å². The van der Waals surface area contributed by atoms with E-state index in [1.54, 1.807) is 63.2 Å². The van der Waals surface area contributed by atoms with Gasteiger partial charge in [0.05, 0.1) is 13.2 Å². The summed E-state index contributed by atoms with van der Waals surface area (Å²) >= 11 is 6.04.